The second-order valence-electron chi connectivity index (χ2n) is 9.46. The van der Waals surface area contributed by atoms with Crippen LogP contribution in [0.5, 0.6) is 0 Å². The van der Waals surface area contributed by atoms with Gasteiger partial charge < -0.3 is 16.0 Å². The lowest BCUT2D eigenvalue weighted by Gasteiger charge is -2.25. The first kappa shape index (κ1) is 25.5. The lowest BCUT2D eigenvalue weighted by atomic mass is 9.95. The zero-order valence-electron chi connectivity index (χ0n) is 20.8. The third-order valence-electron chi connectivity index (χ3n) is 6.54. The number of pyridine rings is 1. The predicted molar refractivity (Wildman–Crippen MR) is 145 cm³/mol. The van der Waals surface area contributed by atoms with Crippen LogP contribution in [-0.4, -0.2) is 55.4 Å². The molecule has 2 bridgehead atoms. The van der Waals surface area contributed by atoms with Gasteiger partial charge in [-0.15, -0.1) is 0 Å². The number of fused-ring (bicyclic) bond motifs is 2. The van der Waals surface area contributed by atoms with Crippen molar-refractivity contribution in [2.24, 2.45) is 10.9 Å². The first-order valence-electron chi connectivity index (χ1n) is 13.1. The smallest absolute Gasteiger partial charge is 0.0541 e. The van der Waals surface area contributed by atoms with E-state index in [1.807, 2.05) is 24.5 Å². The molecule has 3 N–H and O–H groups in total. The Morgan fingerprint density at radius 2 is 1.77 bits per heavy atom. The van der Waals surface area contributed by atoms with E-state index in [9.17, 15) is 0 Å². The molecule has 1 atom stereocenters. The minimum atomic E-state index is 0.522. The van der Waals surface area contributed by atoms with Crippen molar-refractivity contribution < 1.29 is 0 Å². The van der Waals surface area contributed by atoms with Crippen LogP contribution in [0.4, 0.5) is 0 Å². The maximum Gasteiger partial charge on any atom is 0.0541 e. The lowest BCUT2D eigenvalue weighted by Crippen LogP contribution is -2.36. The van der Waals surface area contributed by atoms with Gasteiger partial charge in [-0.1, -0.05) is 42.5 Å². The van der Waals surface area contributed by atoms with Gasteiger partial charge >= 0.3 is 0 Å². The molecule has 0 saturated heterocycles. The van der Waals surface area contributed by atoms with E-state index in [0.29, 0.717) is 5.92 Å². The summed E-state index contributed by atoms with van der Waals surface area (Å²) in [4.78, 5) is 11.5. The van der Waals surface area contributed by atoms with E-state index < -0.39 is 0 Å². The van der Waals surface area contributed by atoms with Crippen LogP contribution in [0, 0.1) is 5.92 Å². The van der Waals surface area contributed by atoms with E-state index in [1.54, 1.807) is 0 Å². The van der Waals surface area contributed by atoms with Gasteiger partial charge in [0.15, 0.2) is 0 Å². The van der Waals surface area contributed by atoms with Crippen molar-refractivity contribution in [2.75, 3.05) is 39.3 Å². The molecule has 2 aliphatic rings. The van der Waals surface area contributed by atoms with E-state index in [4.69, 9.17) is 0 Å². The molecule has 0 saturated carbocycles. The number of hydrogen-bond acceptors (Lipinski definition) is 6. The molecule has 1 aromatic carbocycles. The Morgan fingerprint density at radius 3 is 2.63 bits per heavy atom. The summed E-state index contributed by atoms with van der Waals surface area (Å²) < 4.78 is 0. The molecular weight excluding hydrogens is 432 g/mol. The van der Waals surface area contributed by atoms with Crippen LogP contribution in [0.15, 0.2) is 77.6 Å². The zero-order chi connectivity index (χ0) is 24.0. The van der Waals surface area contributed by atoms with Crippen LogP contribution in [-0.2, 0) is 19.6 Å². The molecule has 186 valence electrons. The highest BCUT2D eigenvalue weighted by molar-refractivity contribution is 5.64. The van der Waals surface area contributed by atoms with Gasteiger partial charge in [0.25, 0.3) is 0 Å². The van der Waals surface area contributed by atoms with Crippen LogP contribution in [0.1, 0.15) is 36.1 Å². The fraction of sp³-hybridized carbons (Fsp3) is 0.448. The van der Waals surface area contributed by atoms with E-state index >= 15 is 0 Å². The van der Waals surface area contributed by atoms with E-state index in [2.05, 4.69) is 79.5 Å². The average Bonchev–Trinajstić information content (AvgIpc) is 2.89. The normalized spacial score (nSPS) is 21.4. The number of rotatable bonds is 6. The predicted octanol–water partition coefficient (Wildman–Crippen LogP) is 3.68. The van der Waals surface area contributed by atoms with Gasteiger partial charge in [-0.05, 0) is 67.1 Å². The summed E-state index contributed by atoms with van der Waals surface area (Å²) in [6.45, 7) is 8.83. The average molecular weight is 473 g/mol. The number of nitrogens with zero attached hydrogens (tertiary/aromatic N) is 3. The molecule has 0 amide bonds. The zero-order valence-corrected chi connectivity index (χ0v) is 20.8. The third-order valence-corrected chi connectivity index (χ3v) is 6.54. The summed E-state index contributed by atoms with van der Waals surface area (Å²) in [5.74, 6) is 0.522. The maximum absolute atomic E-state index is 4.53. The highest BCUT2D eigenvalue weighted by Crippen LogP contribution is 2.20. The molecule has 2 aliphatic heterocycles. The van der Waals surface area contributed by atoms with Crippen LogP contribution in [0.25, 0.3) is 0 Å². The number of benzene rings is 1. The van der Waals surface area contributed by atoms with E-state index in [1.165, 1.54) is 16.7 Å². The fourth-order valence-electron chi connectivity index (χ4n) is 4.52. The van der Waals surface area contributed by atoms with Crippen molar-refractivity contribution in [3.8, 4) is 0 Å². The second-order valence-corrected chi connectivity index (χ2v) is 9.46. The Morgan fingerprint density at radius 1 is 0.914 bits per heavy atom. The Kier molecular flexibility index (Phi) is 10.7. The summed E-state index contributed by atoms with van der Waals surface area (Å²) in [5, 5.41) is 10.6. The summed E-state index contributed by atoms with van der Waals surface area (Å²) >= 11 is 0. The van der Waals surface area contributed by atoms with Gasteiger partial charge in [-0.25, -0.2) is 0 Å². The summed E-state index contributed by atoms with van der Waals surface area (Å²) in [6.07, 6.45) is 13.9. The van der Waals surface area contributed by atoms with Gasteiger partial charge in [0, 0.05) is 64.4 Å². The highest BCUT2D eigenvalue weighted by Gasteiger charge is 2.14. The Labute approximate surface area is 210 Å². The standard InChI is InChI=1S/C29H40N6/c1-3-12-30-14-15-31-16-18-35(17-11-28-19-27(5-1)21-32-22-28)24-26-9-7-25(8-10-26)20-33-23-29-6-2-4-13-34-29/h1-2,4-10,13,21-22,28,30-31,33H,3,11-12,14-20,23-24H2/b5-1-. The van der Waals surface area contributed by atoms with Crippen molar-refractivity contribution in [3.05, 3.63) is 89.4 Å². The molecule has 2 aromatic rings. The monoisotopic (exact) mass is 472 g/mol. The first-order valence-corrected chi connectivity index (χ1v) is 13.1. The van der Waals surface area contributed by atoms with Gasteiger partial charge in [0.05, 0.1) is 5.69 Å². The quantitative estimate of drug-likeness (QED) is 0.599. The van der Waals surface area contributed by atoms with E-state index in [-0.39, 0.29) is 0 Å². The van der Waals surface area contributed by atoms with Crippen molar-refractivity contribution in [1.29, 1.82) is 0 Å². The van der Waals surface area contributed by atoms with Gasteiger partial charge in [-0.3, -0.25) is 14.9 Å². The Hall–Kier alpha value is -2.64. The summed E-state index contributed by atoms with van der Waals surface area (Å²) in [7, 11) is 0. The Bertz CT molecular complexity index is 951. The topological polar surface area (TPSA) is 64.6 Å². The third kappa shape index (κ3) is 9.49. The number of aliphatic imine (C=N–C) groups is 1. The number of aromatic nitrogens is 1. The summed E-state index contributed by atoms with van der Waals surface area (Å²) in [6, 6.07) is 15.1. The molecule has 6 nitrogen and oxygen atoms in total. The van der Waals surface area contributed by atoms with Crippen molar-refractivity contribution >= 4 is 6.21 Å². The van der Waals surface area contributed by atoms with Gasteiger partial charge in [0.2, 0.25) is 0 Å². The summed E-state index contributed by atoms with van der Waals surface area (Å²) in [5.41, 5.74) is 5.10. The molecule has 35 heavy (non-hydrogen) atoms. The molecule has 0 radical (unpaired) electrons. The first-order chi connectivity index (χ1) is 17.3. The molecular formula is C29H40N6. The largest absolute Gasteiger partial charge is 0.315 e. The molecule has 0 aliphatic carbocycles. The van der Waals surface area contributed by atoms with E-state index in [0.717, 1.165) is 83.9 Å². The van der Waals surface area contributed by atoms with Gasteiger partial charge in [-0.2, -0.15) is 0 Å². The van der Waals surface area contributed by atoms with Crippen LogP contribution < -0.4 is 16.0 Å². The molecule has 3 heterocycles. The minimum Gasteiger partial charge on any atom is -0.315 e. The lowest BCUT2D eigenvalue weighted by molar-refractivity contribution is 0.253. The number of allylic oxidation sites excluding steroid dienone is 2. The van der Waals surface area contributed by atoms with Gasteiger partial charge in [0.1, 0.15) is 0 Å². The SMILES string of the molecule is C1=NC=C2/C=C\CCNCCNCCN(Cc3ccc(CNCc4ccccn4)cc3)CCC1C2. The molecule has 4 rings (SSSR count). The van der Waals surface area contributed by atoms with Crippen molar-refractivity contribution in [2.45, 2.75) is 38.9 Å². The van der Waals surface area contributed by atoms with Crippen LogP contribution in [0.3, 0.4) is 0 Å². The minimum absolute atomic E-state index is 0.522. The molecule has 1 unspecified atom stereocenters. The second kappa shape index (κ2) is 14.7. The highest BCUT2D eigenvalue weighted by atomic mass is 15.1. The maximum atomic E-state index is 4.53. The van der Waals surface area contributed by atoms with Crippen LogP contribution in [0.2, 0.25) is 0 Å². The number of nitrogens with one attached hydrogen (secondary N) is 3. The van der Waals surface area contributed by atoms with Crippen molar-refractivity contribution in [1.82, 2.24) is 25.8 Å². The molecule has 0 fully saturated rings. The Balaban J connectivity index is 1.29. The molecule has 1 aromatic heterocycles. The number of hydrogen-bond donors (Lipinski definition) is 3. The molecule has 0 spiro atoms. The fourth-order valence-corrected chi connectivity index (χ4v) is 4.52. The van der Waals surface area contributed by atoms with Crippen molar-refractivity contribution in [3.63, 3.8) is 0 Å². The van der Waals surface area contributed by atoms with Crippen LogP contribution >= 0.6 is 0 Å². The molecule has 6 heteroatoms.